The molecule has 8 heteroatoms. The lowest BCUT2D eigenvalue weighted by atomic mass is 9.85. The Morgan fingerprint density at radius 2 is 2.03 bits per heavy atom. The number of hydrogen-bond donors (Lipinski definition) is 1. The van der Waals surface area contributed by atoms with E-state index in [0.29, 0.717) is 21.1 Å². The minimum Gasteiger partial charge on any atom is -0.325 e. The molecule has 1 fully saturated rings. The van der Waals surface area contributed by atoms with E-state index in [-0.39, 0.29) is 23.1 Å². The molecule has 5 nitrogen and oxygen atoms in total. The van der Waals surface area contributed by atoms with E-state index < -0.39 is 0 Å². The fourth-order valence-electron chi connectivity index (χ4n) is 4.60. The monoisotopic (exact) mass is 497 g/mol. The van der Waals surface area contributed by atoms with Crippen LogP contribution in [0.15, 0.2) is 63.5 Å². The molecule has 2 heterocycles. The summed E-state index contributed by atoms with van der Waals surface area (Å²) in [4.78, 5) is 31.4. The molecule has 2 aromatic carbocycles. The van der Waals surface area contributed by atoms with Gasteiger partial charge in [-0.05, 0) is 55.7 Å². The van der Waals surface area contributed by atoms with Crippen LogP contribution in [0, 0.1) is 6.92 Å². The van der Waals surface area contributed by atoms with Crippen molar-refractivity contribution < 1.29 is 4.79 Å². The summed E-state index contributed by atoms with van der Waals surface area (Å²) in [5.41, 5.74) is 3.37. The summed E-state index contributed by atoms with van der Waals surface area (Å²) in [6.45, 7) is 2.01. The molecule has 33 heavy (non-hydrogen) atoms. The number of carbonyl (C=O) groups is 1. The van der Waals surface area contributed by atoms with Crippen LogP contribution in [0.5, 0.6) is 0 Å². The first kappa shape index (κ1) is 22.6. The van der Waals surface area contributed by atoms with E-state index in [4.69, 9.17) is 16.6 Å². The summed E-state index contributed by atoms with van der Waals surface area (Å²) in [5.74, 6) is 0.246. The van der Waals surface area contributed by atoms with E-state index in [9.17, 15) is 9.59 Å². The number of thioether (sulfide) groups is 2. The molecule has 0 unspecified atom stereocenters. The highest BCUT2D eigenvalue weighted by molar-refractivity contribution is 8.00. The van der Waals surface area contributed by atoms with Gasteiger partial charge in [0.2, 0.25) is 5.91 Å². The first-order chi connectivity index (χ1) is 16.0. The van der Waals surface area contributed by atoms with Gasteiger partial charge in [0.05, 0.1) is 17.0 Å². The molecule has 5 rings (SSSR count). The summed E-state index contributed by atoms with van der Waals surface area (Å²) in [5, 5.41) is 5.26. The Bertz CT molecular complexity index is 1280. The number of rotatable bonds is 5. The van der Waals surface area contributed by atoms with E-state index in [1.165, 1.54) is 18.2 Å². The highest BCUT2D eigenvalue weighted by Crippen LogP contribution is 2.50. The first-order valence-corrected chi connectivity index (χ1v) is 13.3. The third-order valence-corrected chi connectivity index (χ3v) is 8.66. The molecule has 3 aromatic rings. The largest absolute Gasteiger partial charge is 0.325 e. The normalized spacial score (nSPS) is 19.1. The molecule has 1 saturated carbocycles. The van der Waals surface area contributed by atoms with Gasteiger partial charge in [-0.15, -0.1) is 11.8 Å². The number of aryl methyl sites for hydroxylation is 1. The predicted octanol–water partition coefficient (Wildman–Crippen LogP) is 6.06. The maximum absolute atomic E-state index is 13.8. The average molecular weight is 498 g/mol. The maximum atomic E-state index is 13.8. The number of aromatic nitrogens is 2. The minimum atomic E-state index is -0.172. The number of nitrogens with zero attached hydrogens (tertiary/aromatic N) is 2. The Hall–Kier alpha value is -2.22. The Kier molecular flexibility index (Phi) is 6.54. The zero-order chi connectivity index (χ0) is 22.9. The molecule has 1 aliphatic carbocycles. The quantitative estimate of drug-likeness (QED) is 0.264. The smallest absolute Gasteiger partial charge is 0.263 e. The van der Waals surface area contributed by atoms with Crippen LogP contribution in [-0.2, 0) is 4.79 Å². The summed E-state index contributed by atoms with van der Waals surface area (Å²) in [6, 6.07) is 14.9. The van der Waals surface area contributed by atoms with Crippen molar-refractivity contribution in [2.24, 2.45) is 0 Å². The summed E-state index contributed by atoms with van der Waals surface area (Å²) >= 11 is 9.05. The van der Waals surface area contributed by atoms with Gasteiger partial charge in [0.15, 0.2) is 5.16 Å². The van der Waals surface area contributed by atoms with Crippen LogP contribution in [0.25, 0.3) is 5.69 Å². The first-order valence-electron chi connectivity index (χ1n) is 11.1. The standard InChI is InChI=1S/C25H24ClN3O2S2/c1-15-6-4-9-18(12-15)29-24(31)22-19-10-2-3-11-20(19)33-23(22)28-25(29)32-14-21(30)27-17-8-5-7-16(26)13-17/h4-9,12-13,19-20H,2-3,10-11,14H2,1H3,(H,27,30)/t19-,20-/m1/s1. The maximum Gasteiger partial charge on any atom is 0.263 e. The van der Waals surface area contributed by atoms with Gasteiger partial charge in [-0.1, -0.05) is 54.4 Å². The van der Waals surface area contributed by atoms with Crippen molar-refractivity contribution >= 4 is 46.7 Å². The Balaban J connectivity index is 1.48. The van der Waals surface area contributed by atoms with Gasteiger partial charge in [-0.2, -0.15) is 0 Å². The van der Waals surface area contributed by atoms with Crippen LogP contribution in [0.4, 0.5) is 5.69 Å². The minimum absolute atomic E-state index is 0.00486. The van der Waals surface area contributed by atoms with E-state index in [0.717, 1.165) is 41.1 Å². The SMILES string of the molecule is Cc1cccc(-n2c(SCC(=O)Nc3cccc(Cl)c3)nc3c(c2=O)[C@@H]2CCCC[C@H]2S3)c1. The van der Waals surface area contributed by atoms with Crippen LogP contribution in [0.2, 0.25) is 5.02 Å². The van der Waals surface area contributed by atoms with Crippen LogP contribution < -0.4 is 10.9 Å². The molecule has 2 atom stereocenters. The Morgan fingerprint density at radius 3 is 2.85 bits per heavy atom. The number of halogens is 1. The van der Waals surface area contributed by atoms with Gasteiger partial charge >= 0.3 is 0 Å². The van der Waals surface area contributed by atoms with Crippen molar-refractivity contribution in [3.05, 3.63) is 75.0 Å². The summed E-state index contributed by atoms with van der Waals surface area (Å²) < 4.78 is 1.70. The number of amides is 1. The van der Waals surface area contributed by atoms with Gasteiger partial charge in [-0.3, -0.25) is 14.2 Å². The number of hydrogen-bond acceptors (Lipinski definition) is 5. The average Bonchev–Trinajstić information content (AvgIpc) is 3.16. The van der Waals surface area contributed by atoms with Gasteiger partial charge < -0.3 is 5.32 Å². The second kappa shape index (κ2) is 9.57. The third kappa shape index (κ3) is 4.72. The van der Waals surface area contributed by atoms with Crippen LogP contribution in [0.1, 0.15) is 42.7 Å². The molecule has 170 valence electrons. The lowest BCUT2D eigenvalue weighted by Crippen LogP contribution is -2.29. The van der Waals surface area contributed by atoms with Crippen molar-refractivity contribution in [1.82, 2.24) is 9.55 Å². The Labute approximate surface area is 206 Å². The molecule has 1 N–H and O–H groups in total. The number of anilines is 1. The molecule has 1 aromatic heterocycles. The molecule has 0 spiro atoms. The number of carbonyl (C=O) groups excluding carboxylic acids is 1. The van der Waals surface area contributed by atoms with Crippen LogP contribution in [0.3, 0.4) is 0 Å². The lowest BCUT2D eigenvalue weighted by Gasteiger charge is -2.24. The van der Waals surface area contributed by atoms with Crippen molar-refractivity contribution in [1.29, 1.82) is 0 Å². The van der Waals surface area contributed by atoms with Gasteiger partial charge in [0.25, 0.3) is 5.56 Å². The van der Waals surface area contributed by atoms with Crippen LogP contribution >= 0.6 is 35.1 Å². The third-order valence-electron chi connectivity index (χ3n) is 6.09. The molecule has 1 aliphatic heterocycles. The molecule has 2 aliphatic rings. The second-order valence-corrected chi connectivity index (χ2v) is 11.1. The fourth-order valence-corrected chi connectivity index (χ4v) is 7.17. The highest BCUT2D eigenvalue weighted by atomic mass is 35.5. The lowest BCUT2D eigenvalue weighted by molar-refractivity contribution is -0.113. The number of benzene rings is 2. The molecular formula is C25H24ClN3O2S2. The van der Waals surface area contributed by atoms with E-state index in [2.05, 4.69) is 5.32 Å². The van der Waals surface area contributed by atoms with Gasteiger partial charge in [-0.25, -0.2) is 4.98 Å². The topological polar surface area (TPSA) is 64.0 Å². The van der Waals surface area contributed by atoms with Gasteiger partial charge in [0, 0.05) is 21.9 Å². The zero-order valence-electron chi connectivity index (χ0n) is 18.2. The molecule has 0 radical (unpaired) electrons. The van der Waals surface area contributed by atoms with Crippen molar-refractivity contribution in [2.75, 3.05) is 11.1 Å². The number of fused-ring (bicyclic) bond motifs is 3. The Morgan fingerprint density at radius 1 is 1.21 bits per heavy atom. The van der Waals surface area contributed by atoms with Crippen LogP contribution in [-0.4, -0.2) is 26.5 Å². The molecule has 1 amide bonds. The second-order valence-electron chi connectivity index (χ2n) is 8.49. The van der Waals surface area contributed by atoms with Crippen molar-refractivity contribution in [2.45, 2.75) is 54.0 Å². The van der Waals surface area contributed by atoms with E-state index >= 15 is 0 Å². The van der Waals surface area contributed by atoms with Gasteiger partial charge in [0.1, 0.15) is 5.03 Å². The van der Waals surface area contributed by atoms with E-state index in [1.807, 2.05) is 31.2 Å². The van der Waals surface area contributed by atoms with Crippen molar-refractivity contribution in [3.8, 4) is 5.69 Å². The fraction of sp³-hybridized carbons (Fsp3) is 0.320. The summed E-state index contributed by atoms with van der Waals surface area (Å²) in [7, 11) is 0. The van der Waals surface area contributed by atoms with Crippen molar-refractivity contribution in [3.63, 3.8) is 0 Å². The zero-order valence-corrected chi connectivity index (χ0v) is 20.6. The molecule has 0 saturated heterocycles. The highest BCUT2D eigenvalue weighted by Gasteiger charge is 2.39. The predicted molar refractivity (Wildman–Crippen MR) is 136 cm³/mol. The molecule has 0 bridgehead atoms. The van der Waals surface area contributed by atoms with E-state index in [1.54, 1.807) is 40.6 Å². The molecular weight excluding hydrogens is 474 g/mol. The summed E-state index contributed by atoms with van der Waals surface area (Å²) in [6.07, 6.45) is 4.54. The number of nitrogens with one attached hydrogen (secondary N) is 1.